The summed E-state index contributed by atoms with van der Waals surface area (Å²) in [7, 11) is 0. The second kappa shape index (κ2) is 4.76. The minimum absolute atomic E-state index is 0.126. The topological polar surface area (TPSA) is 46.3 Å². The summed E-state index contributed by atoms with van der Waals surface area (Å²) in [5.74, 6) is -2.21. The standard InChI is InChI=1S/C13H14F2N2O/c1-2-5-17(8-3-4-8)13(18)9-6-12(16)11(15)7-10(9)14/h2,6-8H,1,3-5,16H2. The highest BCUT2D eigenvalue weighted by atomic mass is 19.1. The highest BCUT2D eigenvalue weighted by Crippen LogP contribution is 2.29. The molecule has 5 heteroatoms. The monoisotopic (exact) mass is 252 g/mol. The molecule has 3 nitrogen and oxygen atoms in total. The summed E-state index contributed by atoms with van der Waals surface area (Å²) in [4.78, 5) is 13.7. The smallest absolute Gasteiger partial charge is 0.257 e. The fourth-order valence-electron chi connectivity index (χ4n) is 1.81. The maximum atomic E-state index is 13.6. The molecule has 96 valence electrons. The third-order valence-electron chi connectivity index (χ3n) is 2.89. The number of nitrogens with two attached hydrogens (primary N) is 1. The van der Waals surface area contributed by atoms with Crippen molar-refractivity contribution in [3.05, 3.63) is 42.0 Å². The van der Waals surface area contributed by atoms with Crippen molar-refractivity contribution >= 4 is 11.6 Å². The van der Waals surface area contributed by atoms with E-state index >= 15 is 0 Å². The Kier molecular flexibility index (Phi) is 3.32. The number of anilines is 1. The molecule has 0 spiro atoms. The fourth-order valence-corrected chi connectivity index (χ4v) is 1.81. The van der Waals surface area contributed by atoms with Gasteiger partial charge in [0.25, 0.3) is 5.91 Å². The average Bonchev–Trinajstić information content (AvgIpc) is 3.14. The molecule has 0 unspecified atom stereocenters. The molecule has 1 aromatic rings. The lowest BCUT2D eigenvalue weighted by molar-refractivity contribution is 0.0758. The Labute approximate surface area is 104 Å². The van der Waals surface area contributed by atoms with E-state index < -0.39 is 17.5 Å². The summed E-state index contributed by atoms with van der Waals surface area (Å²) >= 11 is 0. The highest BCUT2D eigenvalue weighted by molar-refractivity contribution is 5.95. The lowest BCUT2D eigenvalue weighted by Gasteiger charge is -2.21. The number of benzene rings is 1. The SMILES string of the molecule is C=CCN(C(=O)c1cc(N)c(F)cc1F)C1CC1. The molecule has 0 saturated heterocycles. The maximum absolute atomic E-state index is 13.6. The molecule has 0 atom stereocenters. The summed E-state index contributed by atoms with van der Waals surface area (Å²) in [6, 6.07) is 1.81. The third kappa shape index (κ3) is 2.34. The molecule has 1 aliphatic rings. The Balaban J connectivity index is 2.31. The van der Waals surface area contributed by atoms with Crippen LogP contribution in [0.25, 0.3) is 0 Å². The van der Waals surface area contributed by atoms with Crippen LogP contribution in [0.5, 0.6) is 0 Å². The van der Waals surface area contributed by atoms with Gasteiger partial charge in [-0.05, 0) is 18.9 Å². The molecule has 1 amide bonds. The van der Waals surface area contributed by atoms with Gasteiger partial charge in [0.1, 0.15) is 11.6 Å². The van der Waals surface area contributed by atoms with Gasteiger partial charge in [-0.3, -0.25) is 4.79 Å². The van der Waals surface area contributed by atoms with Gasteiger partial charge in [-0.2, -0.15) is 0 Å². The van der Waals surface area contributed by atoms with Crippen molar-refractivity contribution in [2.75, 3.05) is 12.3 Å². The van der Waals surface area contributed by atoms with Gasteiger partial charge >= 0.3 is 0 Å². The van der Waals surface area contributed by atoms with Gasteiger partial charge < -0.3 is 10.6 Å². The Hall–Kier alpha value is -1.91. The van der Waals surface area contributed by atoms with Crippen LogP contribution in [0.2, 0.25) is 0 Å². The van der Waals surface area contributed by atoms with E-state index in [9.17, 15) is 13.6 Å². The number of nitrogen functional groups attached to an aromatic ring is 1. The zero-order valence-electron chi connectivity index (χ0n) is 9.83. The Morgan fingerprint density at radius 3 is 2.67 bits per heavy atom. The molecule has 1 saturated carbocycles. The Morgan fingerprint density at radius 1 is 1.44 bits per heavy atom. The zero-order valence-corrected chi connectivity index (χ0v) is 9.83. The molecular formula is C13H14F2N2O. The predicted octanol–water partition coefficient (Wildman–Crippen LogP) is 2.34. The first-order valence-corrected chi connectivity index (χ1v) is 5.71. The van der Waals surface area contributed by atoms with Gasteiger partial charge in [0, 0.05) is 18.7 Å². The van der Waals surface area contributed by atoms with E-state index in [4.69, 9.17) is 5.73 Å². The molecule has 0 radical (unpaired) electrons. The number of amides is 1. The van der Waals surface area contributed by atoms with Gasteiger partial charge in [-0.25, -0.2) is 8.78 Å². The number of hydrogen-bond acceptors (Lipinski definition) is 2. The van der Waals surface area contributed by atoms with Crippen LogP contribution in [0.3, 0.4) is 0 Å². The third-order valence-corrected chi connectivity index (χ3v) is 2.89. The first-order valence-electron chi connectivity index (χ1n) is 5.71. The van der Waals surface area contributed by atoms with Crippen LogP contribution in [0.4, 0.5) is 14.5 Å². The molecule has 1 aliphatic carbocycles. The van der Waals surface area contributed by atoms with Crippen molar-refractivity contribution in [2.24, 2.45) is 0 Å². The van der Waals surface area contributed by atoms with Crippen LogP contribution < -0.4 is 5.73 Å². The molecule has 0 bridgehead atoms. The number of halogens is 2. The number of carbonyl (C=O) groups is 1. The lowest BCUT2D eigenvalue weighted by Crippen LogP contribution is -2.33. The summed E-state index contributed by atoms with van der Waals surface area (Å²) in [6.45, 7) is 3.92. The molecule has 2 rings (SSSR count). The van der Waals surface area contributed by atoms with Crippen molar-refractivity contribution in [1.29, 1.82) is 0 Å². The molecule has 18 heavy (non-hydrogen) atoms. The number of carbonyl (C=O) groups excluding carboxylic acids is 1. The van der Waals surface area contributed by atoms with Crippen molar-refractivity contribution in [1.82, 2.24) is 4.90 Å². The van der Waals surface area contributed by atoms with Crippen molar-refractivity contribution in [3.8, 4) is 0 Å². The van der Waals surface area contributed by atoms with Crippen molar-refractivity contribution < 1.29 is 13.6 Å². The van der Waals surface area contributed by atoms with Gasteiger partial charge in [0.2, 0.25) is 0 Å². The second-order valence-corrected chi connectivity index (χ2v) is 4.33. The lowest BCUT2D eigenvalue weighted by atomic mass is 10.1. The van der Waals surface area contributed by atoms with E-state index in [1.165, 1.54) is 4.90 Å². The fraction of sp³-hybridized carbons (Fsp3) is 0.308. The van der Waals surface area contributed by atoms with E-state index in [2.05, 4.69) is 6.58 Å². The van der Waals surface area contributed by atoms with Crippen LogP contribution >= 0.6 is 0 Å². The van der Waals surface area contributed by atoms with Gasteiger partial charge in [-0.1, -0.05) is 6.08 Å². The van der Waals surface area contributed by atoms with Gasteiger partial charge in [-0.15, -0.1) is 6.58 Å². The van der Waals surface area contributed by atoms with E-state index in [1.54, 1.807) is 6.08 Å². The molecule has 1 aromatic carbocycles. The van der Waals surface area contributed by atoms with Crippen LogP contribution in [-0.4, -0.2) is 23.4 Å². The van der Waals surface area contributed by atoms with Crippen LogP contribution in [0.1, 0.15) is 23.2 Å². The predicted molar refractivity (Wildman–Crippen MR) is 65.0 cm³/mol. The van der Waals surface area contributed by atoms with E-state index in [1.807, 2.05) is 0 Å². The van der Waals surface area contributed by atoms with Gasteiger partial charge in [0.05, 0.1) is 11.3 Å². The zero-order chi connectivity index (χ0) is 13.3. The number of hydrogen-bond donors (Lipinski definition) is 1. The normalized spacial score (nSPS) is 14.3. The summed E-state index contributed by atoms with van der Waals surface area (Å²) in [5, 5.41) is 0. The number of rotatable bonds is 4. The van der Waals surface area contributed by atoms with E-state index in [0.717, 1.165) is 18.9 Å². The Bertz CT molecular complexity index is 498. The minimum atomic E-state index is -0.888. The molecule has 0 aliphatic heterocycles. The van der Waals surface area contributed by atoms with Crippen molar-refractivity contribution in [3.63, 3.8) is 0 Å². The molecule has 1 fully saturated rings. The molecular weight excluding hydrogens is 238 g/mol. The minimum Gasteiger partial charge on any atom is -0.396 e. The summed E-state index contributed by atoms with van der Waals surface area (Å²) in [5.41, 5.74) is 4.94. The van der Waals surface area contributed by atoms with Gasteiger partial charge in [0.15, 0.2) is 0 Å². The largest absolute Gasteiger partial charge is 0.396 e. The second-order valence-electron chi connectivity index (χ2n) is 4.33. The number of nitrogens with zero attached hydrogens (tertiary/aromatic N) is 1. The highest BCUT2D eigenvalue weighted by Gasteiger charge is 2.33. The molecule has 2 N–H and O–H groups in total. The van der Waals surface area contributed by atoms with Crippen LogP contribution in [0.15, 0.2) is 24.8 Å². The molecule has 0 heterocycles. The Morgan fingerprint density at radius 2 is 2.11 bits per heavy atom. The molecule has 0 aromatic heterocycles. The van der Waals surface area contributed by atoms with Crippen LogP contribution in [0, 0.1) is 11.6 Å². The first-order chi connectivity index (χ1) is 8.54. The van der Waals surface area contributed by atoms with Crippen molar-refractivity contribution in [2.45, 2.75) is 18.9 Å². The average molecular weight is 252 g/mol. The quantitative estimate of drug-likeness (QED) is 0.660. The summed E-state index contributed by atoms with van der Waals surface area (Å²) < 4.78 is 26.6. The van der Waals surface area contributed by atoms with E-state index in [0.29, 0.717) is 12.6 Å². The first kappa shape index (κ1) is 12.5. The summed E-state index contributed by atoms with van der Waals surface area (Å²) in [6.07, 6.45) is 3.39. The maximum Gasteiger partial charge on any atom is 0.257 e. The van der Waals surface area contributed by atoms with E-state index in [-0.39, 0.29) is 17.3 Å². The van der Waals surface area contributed by atoms with Crippen LogP contribution in [-0.2, 0) is 0 Å².